The number of alkyl halides is 3. The number of benzene rings is 2. The van der Waals surface area contributed by atoms with Gasteiger partial charge in [-0.15, -0.1) is 0 Å². The second-order valence-electron chi connectivity index (χ2n) is 7.58. The number of rotatable bonds is 9. The predicted molar refractivity (Wildman–Crippen MR) is 129 cm³/mol. The minimum absolute atomic E-state index is 0.141. The van der Waals surface area contributed by atoms with Crippen LogP contribution in [0.2, 0.25) is 10.0 Å². The van der Waals surface area contributed by atoms with Crippen LogP contribution in [0.4, 0.5) is 18.9 Å². The summed E-state index contributed by atoms with van der Waals surface area (Å²) in [7, 11) is -2.88. The van der Waals surface area contributed by atoms with E-state index in [2.05, 4.69) is 5.32 Å². The van der Waals surface area contributed by atoms with Crippen molar-refractivity contribution in [3.8, 4) is 0 Å². The molecule has 2 aromatic rings. The summed E-state index contributed by atoms with van der Waals surface area (Å²) in [5.74, 6) is -1.34. The number of anilines is 1. The number of amides is 2. The van der Waals surface area contributed by atoms with Gasteiger partial charge in [-0.2, -0.15) is 13.2 Å². The molecule has 0 aliphatic carbocycles. The van der Waals surface area contributed by atoms with E-state index in [0.717, 1.165) is 17.2 Å². The Labute approximate surface area is 211 Å². The number of hydrogen-bond donors (Lipinski definition) is 1. The van der Waals surface area contributed by atoms with Gasteiger partial charge in [0.25, 0.3) is 0 Å². The van der Waals surface area contributed by atoms with Crippen LogP contribution in [0.15, 0.2) is 42.5 Å². The molecule has 0 radical (unpaired) electrons. The molecule has 0 bridgehead atoms. The third-order valence-electron chi connectivity index (χ3n) is 5.15. The normalized spacial score (nSPS) is 12.7. The molecule has 0 fully saturated rings. The molecule has 0 aliphatic heterocycles. The largest absolute Gasteiger partial charge is 0.416 e. The molecule has 0 aliphatic rings. The van der Waals surface area contributed by atoms with Gasteiger partial charge in [0, 0.05) is 18.6 Å². The first kappa shape index (κ1) is 28.7. The number of sulfonamides is 1. The summed E-state index contributed by atoms with van der Waals surface area (Å²) in [5, 5.41) is 2.48. The molecule has 7 nitrogen and oxygen atoms in total. The van der Waals surface area contributed by atoms with Crippen LogP contribution < -0.4 is 9.62 Å². The number of halogens is 5. The number of carbonyl (C=O) groups is 2. The first-order valence-electron chi connectivity index (χ1n) is 10.3. The van der Waals surface area contributed by atoms with Crippen LogP contribution in [0.3, 0.4) is 0 Å². The van der Waals surface area contributed by atoms with Gasteiger partial charge in [-0.1, -0.05) is 48.3 Å². The van der Waals surface area contributed by atoms with Crippen LogP contribution in [0.5, 0.6) is 0 Å². The van der Waals surface area contributed by atoms with E-state index in [4.69, 9.17) is 23.2 Å². The molecule has 1 N–H and O–H groups in total. The molecule has 35 heavy (non-hydrogen) atoms. The average Bonchev–Trinajstić information content (AvgIpc) is 2.77. The second-order valence-corrected chi connectivity index (χ2v) is 10.3. The van der Waals surface area contributed by atoms with E-state index in [1.54, 1.807) is 31.2 Å². The first-order chi connectivity index (χ1) is 16.2. The van der Waals surface area contributed by atoms with E-state index in [-0.39, 0.29) is 18.0 Å². The Morgan fingerprint density at radius 1 is 1.09 bits per heavy atom. The lowest BCUT2D eigenvalue weighted by Gasteiger charge is -2.33. The fraction of sp³-hybridized carbons (Fsp3) is 0.364. The number of likely N-dealkylation sites (N-methyl/N-ethyl adjacent to an activating group) is 1. The lowest BCUT2D eigenvalue weighted by Crippen LogP contribution is -2.51. The Kier molecular flexibility index (Phi) is 9.43. The Bertz CT molecular complexity index is 1190. The smallest absolute Gasteiger partial charge is 0.357 e. The van der Waals surface area contributed by atoms with Crippen LogP contribution in [-0.4, -0.2) is 51.0 Å². The molecule has 0 spiro atoms. The molecule has 0 aromatic heterocycles. The number of carbonyl (C=O) groups excluding carboxylic acids is 2. The summed E-state index contributed by atoms with van der Waals surface area (Å²) in [6.07, 6.45) is -3.85. The van der Waals surface area contributed by atoms with E-state index in [1.807, 2.05) is 0 Å². The Morgan fingerprint density at radius 3 is 2.23 bits per heavy atom. The zero-order valence-electron chi connectivity index (χ0n) is 19.1. The predicted octanol–water partition coefficient (Wildman–Crippen LogP) is 4.33. The van der Waals surface area contributed by atoms with Gasteiger partial charge in [-0.05, 0) is 36.2 Å². The average molecular weight is 554 g/mol. The van der Waals surface area contributed by atoms with Crippen molar-refractivity contribution >= 4 is 50.7 Å². The third-order valence-corrected chi connectivity index (χ3v) is 6.97. The Morgan fingerprint density at radius 2 is 1.71 bits per heavy atom. The molecule has 192 valence electrons. The maximum absolute atomic E-state index is 13.4. The van der Waals surface area contributed by atoms with Gasteiger partial charge in [-0.25, -0.2) is 8.42 Å². The summed E-state index contributed by atoms with van der Waals surface area (Å²) in [5.41, 5.74) is -1.15. The quantitative estimate of drug-likeness (QED) is 0.500. The minimum atomic E-state index is -4.77. The van der Waals surface area contributed by atoms with E-state index >= 15 is 0 Å². The molecule has 1 atom stereocenters. The first-order valence-corrected chi connectivity index (χ1v) is 12.9. The summed E-state index contributed by atoms with van der Waals surface area (Å²) in [6.45, 7) is 0.626. The summed E-state index contributed by atoms with van der Waals surface area (Å²) in [4.78, 5) is 27.1. The summed E-state index contributed by atoms with van der Waals surface area (Å²) >= 11 is 12.3. The van der Waals surface area contributed by atoms with Crippen LogP contribution in [0.25, 0.3) is 0 Å². The van der Waals surface area contributed by atoms with E-state index in [1.165, 1.54) is 7.05 Å². The van der Waals surface area contributed by atoms with Crippen LogP contribution >= 0.6 is 23.2 Å². The van der Waals surface area contributed by atoms with Crippen molar-refractivity contribution in [1.29, 1.82) is 0 Å². The van der Waals surface area contributed by atoms with Crippen LogP contribution in [0.1, 0.15) is 24.5 Å². The summed E-state index contributed by atoms with van der Waals surface area (Å²) in [6, 6.07) is 7.75. The SMILES string of the molecule is CC[C@H](C(=O)NC)N(Cc1ccccc1Cl)C(=O)CN(c1cc(C(F)(F)F)ccc1Cl)S(C)(=O)=O. The standard InChI is InChI=1S/C22H24Cl2F3N3O4S/c1-4-18(21(32)28-2)29(12-14-7-5-6-8-16(14)23)20(31)13-30(35(3,33)34)19-11-15(22(25,26)27)9-10-17(19)24/h5-11,18H,4,12-13H2,1-3H3,(H,28,32)/t18-/m1/s1. The van der Waals surface area contributed by atoms with Crippen molar-refractivity contribution in [2.75, 3.05) is 24.2 Å². The van der Waals surface area contributed by atoms with Gasteiger partial charge in [0.1, 0.15) is 12.6 Å². The Hall–Kier alpha value is -2.50. The van der Waals surface area contributed by atoms with Gasteiger partial charge >= 0.3 is 6.18 Å². The molecule has 0 heterocycles. The minimum Gasteiger partial charge on any atom is -0.357 e. The van der Waals surface area contributed by atoms with Gasteiger partial charge in [-0.3, -0.25) is 13.9 Å². The van der Waals surface area contributed by atoms with Crippen molar-refractivity contribution in [1.82, 2.24) is 10.2 Å². The second kappa shape index (κ2) is 11.5. The van der Waals surface area contributed by atoms with Crippen LogP contribution in [-0.2, 0) is 32.3 Å². The van der Waals surface area contributed by atoms with Gasteiger partial charge in [0.2, 0.25) is 21.8 Å². The molecule has 2 rings (SSSR count). The zero-order valence-corrected chi connectivity index (χ0v) is 21.4. The topological polar surface area (TPSA) is 86.8 Å². The number of hydrogen-bond acceptors (Lipinski definition) is 4. The maximum Gasteiger partial charge on any atom is 0.416 e. The van der Waals surface area contributed by atoms with Crippen molar-refractivity contribution in [2.45, 2.75) is 32.1 Å². The molecule has 2 amide bonds. The number of nitrogens with zero attached hydrogens (tertiary/aromatic N) is 2. The molecular formula is C22H24Cl2F3N3O4S. The Balaban J connectivity index is 2.55. The van der Waals surface area contributed by atoms with E-state index < -0.39 is 51.9 Å². The zero-order chi connectivity index (χ0) is 26.6. The molecular weight excluding hydrogens is 530 g/mol. The molecule has 0 unspecified atom stereocenters. The molecule has 13 heteroatoms. The van der Waals surface area contributed by atoms with E-state index in [0.29, 0.717) is 27.0 Å². The fourth-order valence-corrected chi connectivity index (χ4v) is 4.69. The van der Waals surface area contributed by atoms with Gasteiger partial charge in [0.15, 0.2) is 0 Å². The molecule has 0 saturated carbocycles. The highest BCUT2D eigenvalue weighted by atomic mass is 35.5. The van der Waals surface area contributed by atoms with Crippen molar-refractivity contribution in [2.24, 2.45) is 0 Å². The van der Waals surface area contributed by atoms with Crippen molar-refractivity contribution < 1.29 is 31.2 Å². The fourth-order valence-electron chi connectivity index (χ4n) is 3.37. The maximum atomic E-state index is 13.4. The molecule has 2 aromatic carbocycles. The lowest BCUT2D eigenvalue weighted by molar-refractivity contribution is -0.140. The monoisotopic (exact) mass is 553 g/mol. The molecule has 0 saturated heterocycles. The lowest BCUT2D eigenvalue weighted by atomic mass is 10.1. The highest BCUT2D eigenvalue weighted by molar-refractivity contribution is 7.92. The van der Waals surface area contributed by atoms with Crippen molar-refractivity contribution in [3.63, 3.8) is 0 Å². The van der Waals surface area contributed by atoms with Crippen molar-refractivity contribution in [3.05, 3.63) is 63.6 Å². The van der Waals surface area contributed by atoms with E-state index in [9.17, 15) is 31.2 Å². The highest BCUT2D eigenvalue weighted by Crippen LogP contribution is 2.36. The third kappa shape index (κ3) is 7.25. The van der Waals surface area contributed by atoms with Gasteiger partial charge < -0.3 is 10.2 Å². The summed E-state index contributed by atoms with van der Waals surface area (Å²) < 4.78 is 65.4. The van der Waals surface area contributed by atoms with Crippen LogP contribution in [0, 0.1) is 0 Å². The number of nitrogens with one attached hydrogen (secondary N) is 1. The highest BCUT2D eigenvalue weighted by Gasteiger charge is 2.35. The van der Waals surface area contributed by atoms with Gasteiger partial charge in [0.05, 0.1) is 22.5 Å².